The molecule has 1 fully saturated rings. The first-order valence-corrected chi connectivity index (χ1v) is 10.2. The lowest BCUT2D eigenvalue weighted by atomic mass is 9.91. The summed E-state index contributed by atoms with van der Waals surface area (Å²) in [7, 11) is -3.12. The van der Waals surface area contributed by atoms with Crippen molar-refractivity contribution in [2.75, 3.05) is 12.8 Å². The van der Waals surface area contributed by atoms with Gasteiger partial charge in [-0.1, -0.05) is 43.2 Å². The lowest BCUT2D eigenvalue weighted by Crippen LogP contribution is -2.51. The number of aryl methyl sites for hydroxylation is 1. The van der Waals surface area contributed by atoms with Crippen LogP contribution in [0.2, 0.25) is 0 Å². The molecule has 2 N–H and O–H groups in total. The van der Waals surface area contributed by atoms with Crippen LogP contribution in [0, 0.1) is 0 Å². The molecular weight excluding hydrogens is 296 g/mol. The molecule has 0 bridgehead atoms. The van der Waals surface area contributed by atoms with Gasteiger partial charge in [0.2, 0.25) is 10.0 Å². The number of hydrogen-bond donors (Lipinski definition) is 2. The third kappa shape index (κ3) is 6.46. The van der Waals surface area contributed by atoms with Crippen LogP contribution in [-0.4, -0.2) is 33.3 Å². The molecule has 2 unspecified atom stereocenters. The van der Waals surface area contributed by atoms with Crippen LogP contribution in [0.5, 0.6) is 0 Å². The SMILES string of the molecule is CS(=O)(=O)NC1CCCCC1NCCCCc1ccccc1. The fourth-order valence-electron chi connectivity index (χ4n) is 3.18. The van der Waals surface area contributed by atoms with Crippen molar-refractivity contribution in [3.05, 3.63) is 35.9 Å². The fraction of sp³-hybridized carbons (Fsp3) is 0.647. The maximum Gasteiger partial charge on any atom is 0.209 e. The number of nitrogens with one attached hydrogen (secondary N) is 2. The third-order valence-electron chi connectivity index (χ3n) is 4.27. The second-order valence-corrected chi connectivity index (χ2v) is 8.06. The van der Waals surface area contributed by atoms with Crippen molar-refractivity contribution in [3.63, 3.8) is 0 Å². The Morgan fingerprint density at radius 2 is 1.73 bits per heavy atom. The molecule has 4 nitrogen and oxygen atoms in total. The van der Waals surface area contributed by atoms with Crippen molar-refractivity contribution in [3.8, 4) is 0 Å². The molecular formula is C17H28N2O2S. The first-order valence-electron chi connectivity index (χ1n) is 8.29. The van der Waals surface area contributed by atoms with E-state index in [9.17, 15) is 8.42 Å². The van der Waals surface area contributed by atoms with Gasteiger partial charge in [-0.25, -0.2) is 13.1 Å². The Hall–Kier alpha value is -0.910. The van der Waals surface area contributed by atoms with E-state index in [1.54, 1.807) is 0 Å². The highest BCUT2D eigenvalue weighted by Gasteiger charge is 2.26. The Bertz CT molecular complexity index is 531. The van der Waals surface area contributed by atoms with E-state index in [-0.39, 0.29) is 12.1 Å². The van der Waals surface area contributed by atoms with Gasteiger partial charge in [-0.2, -0.15) is 0 Å². The third-order valence-corrected chi connectivity index (χ3v) is 5.00. The molecule has 0 aliphatic heterocycles. The number of rotatable bonds is 8. The highest BCUT2D eigenvalue weighted by Crippen LogP contribution is 2.19. The van der Waals surface area contributed by atoms with Gasteiger partial charge in [-0.05, 0) is 44.2 Å². The molecule has 1 aliphatic carbocycles. The zero-order chi connectivity index (χ0) is 15.8. The first kappa shape index (κ1) is 17.4. The Balaban J connectivity index is 1.68. The van der Waals surface area contributed by atoms with Crippen LogP contribution < -0.4 is 10.0 Å². The monoisotopic (exact) mass is 324 g/mol. The highest BCUT2D eigenvalue weighted by molar-refractivity contribution is 7.88. The number of benzene rings is 1. The lowest BCUT2D eigenvalue weighted by molar-refractivity contribution is 0.309. The zero-order valence-electron chi connectivity index (χ0n) is 13.4. The molecule has 124 valence electrons. The quantitative estimate of drug-likeness (QED) is 0.722. The van der Waals surface area contributed by atoms with Crippen LogP contribution in [0.25, 0.3) is 0 Å². The maximum atomic E-state index is 11.4. The summed E-state index contributed by atoms with van der Waals surface area (Å²) in [6.07, 6.45) is 8.94. The fourth-order valence-corrected chi connectivity index (χ4v) is 4.01. The van der Waals surface area contributed by atoms with E-state index in [4.69, 9.17) is 0 Å². The van der Waals surface area contributed by atoms with Gasteiger partial charge in [-0.3, -0.25) is 0 Å². The van der Waals surface area contributed by atoms with Crippen LogP contribution in [0.15, 0.2) is 30.3 Å². The topological polar surface area (TPSA) is 58.2 Å². The van der Waals surface area contributed by atoms with E-state index >= 15 is 0 Å². The van der Waals surface area contributed by atoms with Crippen LogP contribution in [0.1, 0.15) is 44.1 Å². The lowest BCUT2D eigenvalue weighted by Gasteiger charge is -2.32. The molecule has 2 rings (SSSR count). The smallest absolute Gasteiger partial charge is 0.209 e. The van der Waals surface area contributed by atoms with E-state index in [1.807, 2.05) is 6.07 Å². The molecule has 0 spiro atoms. The van der Waals surface area contributed by atoms with Gasteiger partial charge in [0.15, 0.2) is 0 Å². The average Bonchev–Trinajstić information content (AvgIpc) is 2.48. The molecule has 1 aliphatic rings. The van der Waals surface area contributed by atoms with Gasteiger partial charge in [0.1, 0.15) is 0 Å². The molecule has 0 saturated heterocycles. The van der Waals surface area contributed by atoms with Gasteiger partial charge < -0.3 is 5.32 Å². The number of sulfonamides is 1. The van der Waals surface area contributed by atoms with Crippen LogP contribution in [-0.2, 0) is 16.4 Å². The van der Waals surface area contributed by atoms with Gasteiger partial charge in [0.25, 0.3) is 0 Å². The molecule has 0 amide bonds. The number of unbranched alkanes of at least 4 members (excludes halogenated alkanes) is 1. The Labute approximate surface area is 134 Å². The summed E-state index contributed by atoms with van der Waals surface area (Å²) in [5, 5.41) is 3.55. The summed E-state index contributed by atoms with van der Waals surface area (Å²) in [4.78, 5) is 0. The molecule has 1 saturated carbocycles. The largest absolute Gasteiger partial charge is 0.312 e. The predicted molar refractivity (Wildman–Crippen MR) is 91.4 cm³/mol. The zero-order valence-corrected chi connectivity index (χ0v) is 14.2. The minimum atomic E-state index is -3.12. The van der Waals surface area contributed by atoms with E-state index in [0.717, 1.165) is 45.1 Å². The van der Waals surface area contributed by atoms with E-state index in [1.165, 1.54) is 18.2 Å². The van der Waals surface area contributed by atoms with Gasteiger partial charge in [0.05, 0.1) is 6.26 Å². The maximum absolute atomic E-state index is 11.4. The normalized spacial score (nSPS) is 22.6. The standard InChI is InChI=1S/C17H28N2O2S/c1-22(20,21)19-17-13-6-5-12-16(17)18-14-8-7-11-15-9-3-2-4-10-15/h2-4,9-10,16-19H,5-8,11-14H2,1H3. The molecule has 2 atom stereocenters. The van der Waals surface area contributed by atoms with Crippen molar-refractivity contribution >= 4 is 10.0 Å². The number of hydrogen-bond acceptors (Lipinski definition) is 3. The Kier molecular flexibility index (Phi) is 6.86. The molecule has 22 heavy (non-hydrogen) atoms. The van der Waals surface area contributed by atoms with E-state index in [2.05, 4.69) is 34.3 Å². The van der Waals surface area contributed by atoms with Crippen LogP contribution >= 0.6 is 0 Å². The molecule has 1 aromatic carbocycles. The predicted octanol–water partition coefficient (Wildman–Crippen LogP) is 2.46. The summed E-state index contributed by atoms with van der Waals surface area (Å²) in [6, 6.07) is 10.9. The van der Waals surface area contributed by atoms with Gasteiger partial charge in [-0.15, -0.1) is 0 Å². The Morgan fingerprint density at radius 3 is 2.41 bits per heavy atom. The summed E-state index contributed by atoms with van der Waals surface area (Å²) < 4.78 is 25.7. The average molecular weight is 324 g/mol. The van der Waals surface area contributed by atoms with Crippen molar-refractivity contribution in [2.24, 2.45) is 0 Å². The summed E-state index contributed by atoms with van der Waals surface area (Å²) in [5.74, 6) is 0. The summed E-state index contributed by atoms with van der Waals surface area (Å²) >= 11 is 0. The van der Waals surface area contributed by atoms with E-state index in [0.29, 0.717) is 0 Å². The van der Waals surface area contributed by atoms with E-state index < -0.39 is 10.0 Å². The van der Waals surface area contributed by atoms with Crippen molar-refractivity contribution < 1.29 is 8.42 Å². The molecule has 1 aromatic rings. The summed E-state index contributed by atoms with van der Waals surface area (Å²) in [5.41, 5.74) is 1.39. The molecule has 0 aromatic heterocycles. The minimum absolute atomic E-state index is 0.0536. The molecule has 0 heterocycles. The minimum Gasteiger partial charge on any atom is -0.312 e. The highest BCUT2D eigenvalue weighted by atomic mass is 32.2. The summed E-state index contributed by atoms with van der Waals surface area (Å²) in [6.45, 7) is 0.958. The van der Waals surface area contributed by atoms with Crippen molar-refractivity contribution in [1.82, 2.24) is 10.0 Å². The molecule has 5 heteroatoms. The second-order valence-electron chi connectivity index (χ2n) is 6.28. The van der Waals surface area contributed by atoms with Crippen LogP contribution in [0.3, 0.4) is 0 Å². The van der Waals surface area contributed by atoms with Crippen molar-refractivity contribution in [2.45, 2.75) is 57.0 Å². The Morgan fingerprint density at radius 1 is 1.05 bits per heavy atom. The van der Waals surface area contributed by atoms with Gasteiger partial charge >= 0.3 is 0 Å². The molecule has 0 radical (unpaired) electrons. The van der Waals surface area contributed by atoms with Crippen molar-refractivity contribution in [1.29, 1.82) is 0 Å². The second kappa shape index (κ2) is 8.65. The van der Waals surface area contributed by atoms with Crippen LogP contribution in [0.4, 0.5) is 0 Å². The van der Waals surface area contributed by atoms with Gasteiger partial charge in [0, 0.05) is 12.1 Å². The first-order chi connectivity index (χ1) is 10.5.